The zero-order valence-corrected chi connectivity index (χ0v) is 12.8. The largest absolute Gasteiger partial charge is 0.480 e. The Hall–Kier alpha value is -1.56. The molecule has 0 spiro atoms. The normalized spacial score (nSPS) is 22.4. The quantitative estimate of drug-likeness (QED) is 0.867. The van der Waals surface area contributed by atoms with Crippen molar-refractivity contribution in [3.8, 4) is 0 Å². The first-order valence-electron chi connectivity index (χ1n) is 6.51. The van der Waals surface area contributed by atoms with E-state index in [-0.39, 0.29) is 6.03 Å². The third-order valence-electron chi connectivity index (χ3n) is 3.69. The van der Waals surface area contributed by atoms with Gasteiger partial charge in [0.2, 0.25) is 0 Å². The summed E-state index contributed by atoms with van der Waals surface area (Å²) in [5.74, 6) is -0.955. The van der Waals surface area contributed by atoms with Crippen LogP contribution in [0.4, 0.5) is 10.5 Å². The predicted octanol–water partition coefficient (Wildman–Crippen LogP) is 3.31. The van der Waals surface area contributed by atoms with Gasteiger partial charge in [0.05, 0.1) is 0 Å². The van der Waals surface area contributed by atoms with Gasteiger partial charge in [-0.25, -0.2) is 9.59 Å². The van der Waals surface area contributed by atoms with Crippen LogP contribution in [0.2, 0.25) is 0 Å². The maximum atomic E-state index is 12.3. The maximum Gasteiger partial charge on any atom is 0.329 e. The molecule has 1 atom stereocenters. The lowest BCUT2D eigenvalue weighted by atomic mass is 9.89. The van der Waals surface area contributed by atoms with Gasteiger partial charge in [-0.3, -0.25) is 0 Å². The molecule has 1 heterocycles. The van der Waals surface area contributed by atoms with Crippen molar-refractivity contribution >= 4 is 33.6 Å². The Morgan fingerprint density at radius 3 is 2.55 bits per heavy atom. The predicted molar refractivity (Wildman–Crippen MR) is 79.8 cm³/mol. The Kier molecular flexibility index (Phi) is 4.32. The number of amides is 2. The highest BCUT2D eigenvalue weighted by atomic mass is 79.9. The number of anilines is 1. The number of benzene rings is 1. The SMILES string of the molecule is CC1(C(=O)O)CCCCN1C(=O)Nc1ccc(Br)cc1. The molecule has 0 bridgehead atoms. The molecule has 20 heavy (non-hydrogen) atoms. The molecular formula is C14H17BrN2O3. The third kappa shape index (κ3) is 2.95. The number of carboxylic acid groups (broad SMARTS) is 1. The monoisotopic (exact) mass is 340 g/mol. The number of halogens is 1. The van der Waals surface area contributed by atoms with Gasteiger partial charge in [-0.05, 0) is 50.5 Å². The zero-order valence-electron chi connectivity index (χ0n) is 11.2. The van der Waals surface area contributed by atoms with Crippen LogP contribution in [-0.2, 0) is 4.79 Å². The molecule has 0 aromatic heterocycles. The Morgan fingerprint density at radius 1 is 1.30 bits per heavy atom. The smallest absolute Gasteiger partial charge is 0.329 e. The first-order valence-corrected chi connectivity index (χ1v) is 7.30. The molecule has 1 aromatic rings. The lowest BCUT2D eigenvalue weighted by Gasteiger charge is -2.41. The number of rotatable bonds is 2. The zero-order chi connectivity index (χ0) is 14.8. The third-order valence-corrected chi connectivity index (χ3v) is 4.22. The number of piperidine rings is 1. The molecule has 5 nitrogen and oxygen atoms in total. The van der Waals surface area contributed by atoms with E-state index in [1.54, 1.807) is 19.1 Å². The minimum absolute atomic E-state index is 0.364. The fraction of sp³-hybridized carbons (Fsp3) is 0.429. The molecule has 1 saturated heterocycles. The van der Waals surface area contributed by atoms with E-state index in [1.165, 1.54) is 4.90 Å². The molecule has 0 radical (unpaired) electrons. The Labute approximate surface area is 126 Å². The molecule has 6 heteroatoms. The average molecular weight is 341 g/mol. The van der Waals surface area contributed by atoms with Gasteiger partial charge in [0.1, 0.15) is 5.54 Å². The first kappa shape index (κ1) is 14.8. The number of carbonyl (C=O) groups excluding carboxylic acids is 1. The van der Waals surface area contributed by atoms with Crippen molar-refractivity contribution in [1.29, 1.82) is 0 Å². The molecule has 2 rings (SSSR count). The van der Waals surface area contributed by atoms with Gasteiger partial charge in [0.25, 0.3) is 0 Å². The fourth-order valence-electron chi connectivity index (χ4n) is 2.39. The summed E-state index contributed by atoms with van der Waals surface area (Å²) < 4.78 is 0.920. The Bertz CT molecular complexity index is 518. The average Bonchev–Trinajstić information content (AvgIpc) is 2.41. The van der Waals surface area contributed by atoms with E-state index < -0.39 is 11.5 Å². The summed E-state index contributed by atoms with van der Waals surface area (Å²) in [7, 11) is 0. The van der Waals surface area contributed by atoms with Gasteiger partial charge < -0.3 is 15.3 Å². The van der Waals surface area contributed by atoms with Crippen LogP contribution in [0.25, 0.3) is 0 Å². The van der Waals surface area contributed by atoms with Crippen LogP contribution in [0.15, 0.2) is 28.7 Å². The van der Waals surface area contributed by atoms with E-state index in [0.29, 0.717) is 18.7 Å². The molecule has 2 amide bonds. The van der Waals surface area contributed by atoms with Crippen LogP contribution in [0.5, 0.6) is 0 Å². The highest BCUT2D eigenvalue weighted by Gasteiger charge is 2.43. The van der Waals surface area contributed by atoms with Crippen LogP contribution in [0.3, 0.4) is 0 Å². The molecule has 1 aromatic carbocycles. The molecule has 1 unspecified atom stereocenters. The van der Waals surface area contributed by atoms with Crippen molar-refractivity contribution < 1.29 is 14.7 Å². The summed E-state index contributed by atoms with van der Waals surface area (Å²) in [4.78, 5) is 25.2. The van der Waals surface area contributed by atoms with Crippen LogP contribution in [0.1, 0.15) is 26.2 Å². The molecule has 1 aliphatic heterocycles. The summed E-state index contributed by atoms with van der Waals surface area (Å²) in [6, 6.07) is 6.82. The summed E-state index contributed by atoms with van der Waals surface area (Å²) in [6.45, 7) is 2.07. The van der Waals surface area contributed by atoms with E-state index in [4.69, 9.17) is 0 Å². The van der Waals surface area contributed by atoms with Crippen LogP contribution < -0.4 is 5.32 Å². The van der Waals surface area contributed by atoms with Crippen molar-refractivity contribution in [3.63, 3.8) is 0 Å². The van der Waals surface area contributed by atoms with Crippen molar-refractivity contribution in [3.05, 3.63) is 28.7 Å². The maximum absolute atomic E-state index is 12.3. The summed E-state index contributed by atoms with van der Waals surface area (Å²) in [6.07, 6.45) is 2.14. The summed E-state index contributed by atoms with van der Waals surface area (Å²) in [5, 5.41) is 12.1. The molecule has 2 N–H and O–H groups in total. The molecule has 1 fully saturated rings. The van der Waals surface area contributed by atoms with Gasteiger partial charge in [-0.1, -0.05) is 15.9 Å². The number of nitrogens with one attached hydrogen (secondary N) is 1. The number of hydrogen-bond acceptors (Lipinski definition) is 2. The second-order valence-corrected chi connectivity index (χ2v) is 6.04. The van der Waals surface area contributed by atoms with E-state index >= 15 is 0 Å². The fourth-order valence-corrected chi connectivity index (χ4v) is 2.66. The van der Waals surface area contributed by atoms with Crippen LogP contribution >= 0.6 is 15.9 Å². The first-order chi connectivity index (χ1) is 9.43. The van der Waals surface area contributed by atoms with Gasteiger partial charge in [0.15, 0.2) is 0 Å². The Morgan fingerprint density at radius 2 is 1.95 bits per heavy atom. The standard InChI is InChI=1S/C14H17BrN2O3/c1-14(12(18)19)8-2-3-9-17(14)13(20)16-11-6-4-10(15)5-7-11/h4-7H,2-3,8-9H2,1H3,(H,16,20)(H,18,19). The van der Waals surface area contributed by atoms with Crippen molar-refractivity contribution in [2.24, 2.45) is 0 Å². The van der Waals surface area contributed by atoms with E-state index in [9.17, 15) is 14.7 Å². The second-order valence-electron chi connectivity index (χ2n) is 5.12. The lowest BCUT2D eigenvalue weighted by Crippen LogP contribution is -2.58. The highest BCUT2D eigenvalue weighted by molar-refractivity contribution is 9.10. The minimum atomic E-state index is -1.13. The number of hydrogen-bond donors (Lipinski definition) is 2. The Balaban J connectivity index is 2.14. The summed E-state index contributed by atoms with van der Waals surface area (Å²) in [5.41, 5.74) is -0.478. The summed E-state index contributed by atoms with van der Waals surface area (Å²) >= 11 is 3.32. The number of urea groups is 1. The molecule has 0 saturated carbocycles. The van der Waals surface area contributed by atoms with Gasteiger partial charge in [0, 0.05) is 16.7 Å². The van der Waals surface area contributed by atoms with Gasteiger partial charge in [-0.15, -0.1) is 0 Å². The van der Waals surface area contributed by atoms with Gasteiger partial charge in [-0.2, -0.15) is 0 Å². The second kappa shape index (κ2) is 5.83. The van der Waals surface area contributed by atoms with E-state index in [0.717, 1.165) is 17.3 Å². The molecule has 108 valence electrons. The minimum Gasteiger partial charge on any atom is -0.480 e. The van der Waals surface area contributed by atoms with E-state index in [1.807, 2.05) is 12.1 Å². The van der Waals surface area contributed by atoms with Crippen LogP contribution in [0, 0.1) is 0 Å². The highest BCUT2D eigenvalue weighted by Crippen LogP contribution is 2.29. The molecule has 0 aliphatic carbocycles. The number of likely N-dealkylation sites (tertiary alicyclic amines) is 1. The molecule has 1 aliphatic rings. The number of carbonyl (C=O) groups is 2. The van der Waals surface area contributed by atoms with Gasteiger partial charge >= 0.3 is 12.0 Å². The van der Waals surface area contributed by atoms with E-state index in [2.05, 4.69) is 21.2 Å². The number of carboxylic acids is 1. The van der Waals surface area contributed by atoms with Crippen molar-refractivity contribution in [2.75, 3.05) is 11.9 Å². The van der Waals surface area contributed by atoms with Crippen molar-refractivity contribution in [2.45, 2.75) is 31.7 Å². The lowest BCUT2D eigenvalue weighted by molar-refractivity contribution is -0.150. The number of nitrogens with zero attached hydrogens (tertiary/aromatic N) is 1. The molecular weight excluding hydrogens is 324 g/mol. The van der Waals surface area contributed by atoms with Crippen LogP contribution in [-0.4, -0.2) is 34.1 Å². The topological polar surface area (TPSA) is 69.6 Å². The van der Waals surface area contributed by atoms with Crippen molar-refractivity contribution in [1.82, 2.24) is 4.90 Å². The number of aliphatic carboxylic acids is 1.